The summed E-state index contributed by atoms with van der Waals surface area (Å²) in [6, 6.07) is 0. The summed E-state index contributed by atoms with van der Waals surface area (Å²) in [5.41, 5.74) is 0. The first-order valence-corrected chi connectivity index (χ1v) is 9.26. The SMILES string of the molecule is CN(CCN(CCN(C)C(=S)S)CCN(C)C(=S)S)C(=S)S. The summed E-state index contributed by atoms with van der Waals surface area (Å²) in [5, 5.41) is 0. The number of thiocarbonyl (C=S) groups is 3. The van der Waals surface area contributed by atoms with Crippen molar-refractivity contribution in [2.45, 2.75) is 0 Å². The van der Waals surface area contributed by atoms with Crippen molar-refractivity contribution < 1.29 is 0 Å². The maximum Gasteiger partial charge on any atom is 0.133 e. The summed E-state index contributed by atoms with van der Waals surface area (Å²) in [5.74, 6) is 0. The molecule has 0 aliphatic carbocycles. The molecule has 0 aromatic carbocycles. The van der Waals surface area contributed by atoms with Gasteiger partial charge in [-0.2, -0.15) is 0 Å². The Bertz CT molecular complexity index is 335. The molecule has 0 aliphatic heterocycles. The summed E-state index contributed by atoms with van der Waals surface area (Å²) in [4.78, 5) is 8.19. The van der Waals surface area contributed by atoms with E-state index in [2.05, 4.69) is 42.8 Å². The first-order chi connectivity index (χ1) is 10.1. The van der Waals surface area contributed by atoms with Crippen LogP contribution in [0, 0.1) is 0 Å². The van der Waals surface area contributed by atoms with Crippen molar-refractivity contribution in [2.75, 3.05) is 60.4 Å². The lowest BCUT2D eigenvalue weighted by Gasteiger charge is -2.29. The highest BCUT2D eigenvalue weighted by atomic mass is 32.1. The fourth-order valence-electron chi connectivity index (χ4n) is 1.50. The average Bonchev–Trinajstić information content (AvgIpc) is 2.44. The Morgan fingerprint density at radius 1 is 0.591 bits per heavy atom. The Labute approximate surface area is 166 Å². The molecule has 22 heavy (non-hydrogen) atoms. The van der Waals surface area contributed by atoms with Gasteiger partial charge in [0.25, 0.3) is 0 Å². The third-order valence-corrected chi connectivity index (χ3v) is 5.19. The van der Waals surface area contributed by atoms with Crippen LogP contribution < -0.4 is 0 Å². The highest BCUT2D eigenvalue weighted by Gasteiger charge is 2.11. The van der Waals surface area contributed by atoms with E-state index in [0.29, 0.717) is 13.0 Å². The van der Waals surface area contributed by atoms with Gasteiger partial charge < -0.3 is 14.7 Å². The van der Waals surface area contributed by atoms with E-state index < -0.39 is 0 Å². The highest BCUT2D eigenvalue weighted by Crippen LogP contribution is 2.00. The van der Waals surface area contributed by atoms with Gasteiger partial charge in [0.1, 0.15) is 13.0 Å². The molecule has 4 nitrogen and oxygen atoms in total. The van der Waals surface area contributed by atoms with Gasteiger partial charge in [-0.25, -0.2) is 0 Å². The predicted octanol–water partition coefficient (Wildman–Crippen LogP) is 1.73. The fraction of sp³-hybridized carbons (Fsp3) is 0.750. The number of nitrogens with zero attached hydrogens (tertiary/aromatic N) is 4. The summed E-state index contributed by atoms with van der Waals surface area (Å²) in [7, 11) is 5.83. The molecular weight excluding hydrogens is 393 g/mol. The zero-order valence-electron chi connectivity index (χ0n) is 13.1. The number of likely N-dealkylation sites (N-methyl/N-ethyl adjacent to an activating group) is 3. The minimum Gasteiger partial charge on any atom is -0.360 e. The normalized spacial score (nSPS) is 10.5. The van der Waals surface area contributed by atoms with Crippen LogP contribution in [0.2, 0.25) is 0 Å². The Kier molecular flexibility index (Phi) is 12.5. The molecule has 0 fully saturated rings. The third-order valence-electron chi connectivity index (χ3n) is 3.23. The van der Waals surface area contributed by atoms with Gasteiger partial charge in [-0.15, -0.1) is 37.9 Å². The van der Waals surface area contributed by atoms with Crippen molar-refractivity contribution in [3.05, 3.63) is 0 Å². The molecule has 0 saturated heterocycles. The minimum absolute atomic E-state index is 0.599. The van der Waals surface area contributed by atoms with Crippen molar-refractivity contribution >= 4 is 87.5 Å². The zero-order chi connectivity index (χ0) is 17.3. The Balaban J connectivity index is 4.44. The highest BCUT2D eigenvalue weighted by molar-refractivity contribution is 8.11. The molecule has 0 aliphatic rings. The number of rotatable bonds is 9. The minimum atomic E-state index is 0.599. The van der Waals surface area contributed by atoms with Crippen LogP contribution in [0.25, 0.3) is 0 Å². The van der Waals surface area contributed by atoms with Crippen LogP contribution >= 0.6 is 74.5 Å². The van der Waals surface area contributed by atoms with E-state index in [4.69, 9.17) is 36.7 Å². The summed E-state index contributed by atoms with van der Waals surface area (Å²) in [6.07, 6.45) is 0. The molecular formula is C12H24N4S6. The molecule has 0 unspecified atom stereocenters. The van der Waals surface area contributed by atoms with E-state index >= 15 is 0 Å². The van der Waals surface area contributed by atoms with Crippen molar-refractivity contribution in [1.82, 2.24) is 19.6 Å². The predicted molar refractivity (Wildman–Crippen MR) is 119 cm³/mol. The zero-order valence-corrected chi connectivity index (χ0v) is 18.2. The molecule has 0 aromatic heterocycles. The van der Waals surface area contributed by atoms with Crippen LogP contribution in [-0.4, -0.2) is 93.0 Å². The van der Waals surface area contributed by atoms with Gasteiger partial charge >= 0.3 is 0 Å². The van der Waals surface area contributed by atoms with E-state index in [-0.39, 0.29) is 0 Å². The van der Waals surface area contributed by atoms with E-state index in [1.807, 2.05) is 35.8 Å². The number of hydrogen-bond acceptors (Lipinski definition) is 4. The van der Waals surface area contributed by atoms with Crippen molar-refractivity contribution in [3.8, 4) is 0 Å². The van der Waals surface area contributed by atoms with E-state index in [9.17, 15) is 0 Å². The van der Waals surface area contributed by atoms with Gasteiger partial charge in [0.2, 0.25) is 0 Å². The summed E-state index contributed by atoms with van der Waals surface area (Å²) in [6.45, 7) is 5.14. The molecule has 0 bridgehead atoms. The van der Waals surface area contributed by atoms with Crippen LogP contribution in [0.3, 0.4) is 0 Å². The molecule has 0 heterocycles. The van der Waals surface area contributed by atoms with Gasteiger partial charge in [-0.1, -0.05) is 36.7 Å². The monoisotopic (exact) mass is 416 g/mol. The molecule has 0 amide bonds. The maximum absolute atomic E-state index is 5.05. The number of hydrogen-bond donors (Lipinski definition) is 3. The van der Waals surface area contributed by atoms with Crippen LogP contribution in [0.4, 0.5) is 0 Å². The lowest BCUT2D eigenvalue weighted by molar-refractivity contribution is 0.231. The van der Waals surface area contributed by atoms with Gasteiger partial charge in [0.15, 0.2) is 0 Å². The van der Waals surface area contributed by atoms with Gasteiger partial charge in [0, 0.05) is 60.4 Å². The average molecular weight is 417 g/mol. The molecule has 0 rings (SSSR count). The molecule has 0 N–H and O–H groups in total. The summed E-state index contributed by atoms with van der Waals surface area (Å²) >= 11 is 27.7. The van der Waals surface area contributed by atoms with Gasteiger partial charge in [-0.3, -0.25) is 4.90 Å². The van der Waals surface area contributed by atoms with Crippen LogP contribution in [0.1, 0.15) is 0 Å². The first-order valence-electron chi connectivity index (χ1n) is 6.69. The Hall–Kier alpha value is 0.680. The standard InChI is InChI=1S/C12H24N4S6/c1-13(10(17)18)4-7-16(8-5-14(2)11(19)20)9-6-15(3)12(21)22/h4-9H2,1-3H3,(H,17,18)(H,19,20)(H,21,22). The van der Waals surface area contributed by atoms with Crippen LogP contribution in [-0.2, 0) is 0 Å². The van der Waals surface area contributed by atoms with Crippen molar-refractivity contribution in [1.29, 1.82) is 0 Å². The molecule has 0 radical (unpaired) electrons. The Morgan fingerprint density at radius 2 is 0.818 bits per heavy atom. The Morgan fingerprint density at radius 3 is 1.00 bits per heavy atom. The molecule has 0 atom stereocenters. The van der Waals surface area contributed by atoms with Crippen LogP contribution in [0.15, 0.2) is 0 Å². The lowest BCUT2D eigenvalue weighted by atomic mass is 10.4. The van der Waals surface area contributed by atoms with E-state index in [1.165, 1.54) is 0 Å². The molecule has 10 heteroatoms. The van der Waals surface area contributed by atoms with Gasteiger partial charge in [0.05, 0.1) is 0 Å². The van der Waals surface area contributed by atoms with Gasteiger partial charge in [-0.05, 0) is 0 Å². The smallest absolute Gasteiger partial charge is 0.133 e. The first kappa shape index (κ1) is 22.7. The molecule has 0 spiro atoms. The topological polar surface area (TPSA) is 13.0 Å². The number of thiol groups is 3. The van der Waals surface area contributed by atoms with Crippen molar-refractivity contribution in [2.24, 2.45) is 0 Å². The second-order valence-corrected chi connectivity index (χ2v) is 8.29. The largest absolute Gasteiger partial charge is 0.360 e. The molecule has 128 valence electrons. The van der Waals surface area contributed by atoms with Crippen LogP contribution in [0.5, 0.6) is 0 Å². The second kappa shape index (κ2) is 12.1. The van der Waals surface area contributed by atoms with E-state index in [1.54, 1.807) is 0 Å². The molecule has 0 aromatic rings. The second-order valence-electron chi connectivity index (χ2n) is 4.95. The maximum atomic E-state index is 5.05. The lowest BCUT2D eigenvalue weighted by Crippen LogP contribution is -2.42. The summed E-state index contributed by atoms with van der Waals surface area (Å²) < 4.78 is 1.80. The quantitative estimate of drug-likeness (QED) is 0.386. The van der Waals surface area contributed by atoms with E-state index in [0.717, 1.165) is 39.3 Å². The third kappa shape index (κ3) is 10.5. The molecule has 0 saturated carbocycles. The van der Waals surface area contributed by atoms with Crippen molar-refractivity contribution in [3.63, 3.8) is 0 Å². The fourth-order valence-corrected chi connectivity index (χ4v) is 2.07.